The van der Waals surface area contributed by atoms with Crippen molar-refractivity contribution in [1.82, 2.24) is 20.6 Å². The molecule has 0 bridgehead atoms. The summed E-state index contributed by atoms with van der Waals surface area (Å²) in [6, 6.07) is 15.4. The van der Waals surface area contributed by atoms with Crippen LogP contribution in [0, 0.1) is 0 Å². The van der Waals surface area contributed by atoms with Crippen molar-refractivity contribution in [3.8, 4) is 0 Å². The molecule has 0 aliphatic carbocycles. The molecule has 2 aromatic heterocycles. The summed E-state index contributed by atoms with van der Waals surface area (Å²) >= 11 is 0. The number of carbonyl (C=O) groups excluding carboxylic acids is 2. The van der Waals surface area contributed by atoms with Crippen LogP contribution in [-0.4, -0.2) is 34.9 Å². The Balaban J connectivity index is 1.26. The second-order valence-electron chi connectivity index (χ2n) is 6.42. The molecule has 0 fully saturated rings. The van der Waals surface area contributed by atoms with E-state index in [0.29, 0.717) is 12.1 Å². The Bertz CT molecular complexity index is 1110. The summed E-state index contributed by atoms with van der Waals surface area (Å²) in [6.45, 7) is 0.476. The topological polar surface area (TPSA) is 89.8 Å². The third-order valence-corrected chi connectivity index (χ3v) is 4.62. The predicted molar refractivity (Wildman–Crippen MR) is 106 cm³/mol. The number of fused-ring (bicyclic) bond motifs is 2. The van der Waals surface area contributed by atoms with Crippen molar-refractivity contribution in [2.45, 2.75) is 6.42 Å². The average Bonchev–Trinajstić information content (AvgIpc) is 3.32. The molecule has 2 heterocycles. The first-order chi connectivity index (χ1) is 13.2. The highest BCUT2D eigenvalue weighted by atomic mass is 16.2. The molecule has 27 heavy (non-hydrogen) atoms. The van der Waals surface area contributed by atoms with Gasteiger partial charge in [0.15, 0.2) is 0 Å². The molecule has 2 amide bonds. The van der Waals surface area contributed by atoms with Crippen LogP contribution >= 0.6 is 0 Å². The lowest BCUT2D eigenvalue weighted by Crippen LogP contribution is -2.37. The zero-order valence-corrected chi connectivity index (χ0v) is 14.7. The molecule has 6 heteroatoms. The first kappa shape index (κ1) is 16.9. The Hall–Kier alpha value is -3.54. The number of aromatic nitrogens is 2. The van der Waals surface area contributed by atoms with E-state index in [2.05, 4.69) is 26.7 Å². The number of hydrogen-bond donors (Lipinski definition) is 4. The number of para-hydroxylation sites is 1. The van der Waals surface area contributed by atoms with Crippen LogP contribution in [0.5, 0.6) is 0 Å². The summed E-state index contributed by atoms with van der Waals surface area (Å²) < 4.78 is 0. The molecule has 0 radical (unpaired) electrons. The van der Waals surface area contributed by atoms with E-state index in [0.717, 1.165) is 28.4 Å². The zero-order valence-electron chi connectivity index (χ0n) is 14.7. The van der Waals surface area contributed by atoms with Crippen molar-refractivity contribution in [3.63, 3.8) is 0 Å². The normalized spacial score (nSPS) is 11.0. The lowest BCUT2D eigenvalue weighted by Gasteiger charge is -2.07. The average molecular weight is 360 g/mol. The lowest BCUT2D eigenvalue weighted by molar-refractivity contribution is -0.120. The Morgan fingerprint density at radius 3 is 2.74 bits per heavy atom. The summed E-state index contributed by atoms with van der Waals surface area (Å²) in [6.07, 6.45) is 4.52. The van der Waals surface area contributed by atoms with Crippen molar-refractivity contribution in [1.29, 1.82) is 0 Å². The van der Waals surface area contributed by atoms with Gasteiger partial charge in [-0.1, -0.05) is 18.2 Å². The van der Waals surface area contributed by atoms with Gasteiger partial charge in [0.25, 0.3) is 5.91 Å². The molecule has 0 saturated carbocycles. The van der Waals surface area contributed by atoms with Crippen LogP contribution in [0.15, 0.2) is 60.9 Å². The van der Waals surface area contributed by atoms with Gasteiger partial charge < -0.3 is 20.6 Å². The second kappa shape index (κ2) is 7.37. The van der Waals surface area contributed by atoms with Crippen LogP contribution in [0.4, 0.5) is 0 Å². The van der Waals surface area contributed by atoms with Gasteiger partial charge in [-0.15, -0.1) is 0 Å². The molecule has 0 atom stereocenters. The van der Waals surface area contributed by atoms with E-state index in [1.807, 2.05) is 42.7 Å². The van der Waals surface area contributed by atoms with E-state index < -0.39 is 0 Å². The summed E-state index contributed by atoms with van der Waals surface area (Å²) in [4.78, 5) is 30.5. The van der Waals surface area contributed by atoms with Gasteiger partial charge in [0.05, 0.1) is 6.54 Å². The summed E-state index contributed by atoms with van der Waals surface area (Å²) in [7, 11) is 0. The van der Waals surface area contributed by atoms with Gasteiger partial charge in [0, 0.05) is 46.3 Å². The molecule has 2 aromatic carbocycles. The molecule has 0 unspecified atom stereocenters. The van der Waals surface area contributed by atoms with Crippen LogP contribution in [0.2, 0.25) is 0 Å². The maximum atomic E-state index is 12.2. The van der Waals surface area contributed by atoms with Gasteiger partial charge in [-0.05, 0) is 42.3 Å². The largest absolute Gasteiger partial charge is 0.361 e. The number of rotatable bonds is 6. The van der Waals surface area contributed by atoms with Gasteiger partial charge >= 0.3 is 0 Å². The fraction of sp³-hybridized carbons (Fsp3) is 0.143. The monoisotopic (exact) mass is 360 g/mol. The number of benzene rings is 2. The zero-order chi connectivity index (χ0) is 18.6. The second-order valence-corrected chi connectivity index (χ2v) is 6.42. The summed E-state index contributed by atoms with van der Waals surface area (Å²) in [5.74, 6) is -0.462. The number of carbonyl (C=O) groups is 2. The third-order valence-electron chi connectivity index (χ3n) is 4.62. The van der Waals surface area contributed by atoms with Crippen molar-refractivity contribution >= 4 is 33.6 Å². The number of hydrogen-bond acceptors (Lipinski definition) is 2. The Labute approximate surface area is 156 Å². The number of aromatic amines is 2. The van der Waals surface area contributed by atoms with E-state index >= 15 is 0 Å². The van der Waals surface area contributed by atoms with Crippen LogP contribution in [0.3, 0.4) is 0 Å². The Morgan fingerprint density at radius 2 is 1.81 bits per heavy atom. The molecule has 0 aliphatic heterocycles. The molecule has 0 aliphatic rings. The molecule has 4 aromatic rings. The minimum atomic E-state index is -0.259. The highest BCUT2D eigenvalue weighted by Crippen LogP contribution is 2.17. The highest BCUT2D eigenvalue weighted by Gasteiger charge is 2.09. The van der Waals surface area contributed by atoms with E-state index in [1.54, 1.807) is 12.1 Å². The third kappa shape index (κ3) is 3.69. The van der Waals surface area contributed by atoms with Gasteiger partial charge in [-0.2, -0.15) is 0 Å². The summed E-state index contributed by atoms with van der Waals surface area (Å²) in [5.41, 5.74) is 3.76. The SMILES string of the molecule is O=C(CNC(=O)c1ccc2[nH]ccc2c1)NCCc1c[nH]c2ccccc12. The van der Waals surface area contributed by atoms with Crippen LogP contribution in [0.25, 0.3) is 21.8 Å². The minimum Gasteiger partial charge on any atom is -0.361 e. The molecular formula is C21H20N4O2. The van der Waals surface area contributed by atoms with E-state index in [-0.39, 0.29) is 18.4 Å². The molecule has 136 valence electrons. The van der Waals surface area contributed by atoms with Crippen molar-refractivity contribution in [3.05, 3.63) is 72.1 Å². The van der Waals surface area contributed by atoms with Gasteiger partial charge in [0.2, 0.25) is 5.91 Å². The van der Waals surface area contributed by atoms with E-state index in [9.17, 15) is 9.59 Å². The smallest absolute Gasteiger partial charge is 0.251 e. The lowest BCUT2D eigenvalue weighted by atomic mass is 10.1. The summed E-state index contributed by atoms with van der Waals surface area (Å²) in [5, 5.41) is 7.64. The standard InChI is InChI=1S/C21H20N4O2/c26-20(23-10-8-16-12-24-19-4-2-1-3-17(16)19)13-25-21(27)15-5-6-18-14(11-15)7-9-22-18/h1-7,9,11-12,22,24H,8,10,13H2,(H,23,26)(H,25,27). The van der Waals surface area contributed by atoms with Gasteiger partial charge in [-0.25, -0.2) is 0 Å². The maximum absolute atomic E-state index is 12.2. The number of H-pyrrole nitrogens is 2. The van der Waals surface area contributed by atoms with Crippen molar-refractivity contribution in [2.24, 2.45) is 0 Å². The van der Waals surface area contributed by atoms with E-state index in [4.69, 9.17) is 0 Å². The first-order valence-corrected chi connectivity index (χ1v) is 8.88. The molecule has 0 saturated heterocycles. The van der Waals surface area contributed by atoms with Crippen molar-refractivity contribution in [2.75, 3.05) is 13.1 Å². The molecule has 6 nitrogen and oxygen atoms in total. The van der Waals surface area contributed by atoms with Gasteiger partial charge in [0.1, 0.15) is 0 Å². The van der Waals surface area contributed by atoms with Crippen LogP contribution in [0.1, 0.15) is 15.9 Å². The molecule has 0 spiro atoms. The Kier molecular flexibility index (Phi) is 4.61. The highest BCUT2D eigenvalue weighted by molar-refractivity contribution is 5.99. The fourth-order valence-corrected chi connectivity index (χ4v) is 3.19. The van der Waals surface area contributed by atoms with Crippen LogP contribution < -0.4 is 10.6 Å². The quantitative estimate of drug-likeness (QED) is 0.426. The number of amides is 2. The molecule has 4 rings (SSSR count). The molecular weight excluding hydrogens is 340 g/mol. The maximum Gasteiger partial charge on any atom is 0.251 e. The first-order valence-electron chi connectivity index (χ1n) is 8.88. The fourth-order valence-electron chi connectivity index (χ4n) is 3.19. The van der Waals surface area contributed by atoms with Crippen molar-refractivity contribution < 1.29 is 9.59 Å². The van der Waals surface area contributed by atoms with E-state index in [1.165, 1.54) is 5.39 Å². The number of nitrogens with one attached hydrogen (secondary N) is 4. The van der Waals surface area contributed by atoms with Crippen LogP contribution in [-0.2, 0) is 11.2 Å². The molecule has 4 N–H and O–H groups in total. The van der Waals surface area contributed by atoms with Gasteiger partial charge in [-0.3, -0.25) is 9.59 Å². The minimum absolute atomic E-state index is 0.0438. The predicted octanol–water partition coefficient (Wildman–Crippen LogP) is 2.74. The Morgan fingerprint density at radius 1 is 0.926 bits per heavy atom.